The Morgan fingerprint density at radius 1 is 1.33 bits per heavy atom. The van der Waals surface area contributed by atoms with E-state index in [1.54, 1.807) is 0 Å². The van der Waals surface area contributed by atoms with Crippen LogP contribution in [-0.2, 0) is 0 Å². The molecule has 2 heteroatoms. The first-order valence-corrected chi connectivity index (χ1v) is 5.59. The predicted molar refractivity (Wildman–Crippen MR) is 65.9 cm³/mol. The Bertz CT molecular complexity index is 307. The lowest BCUT2D eigenvalue weighted by molar-refractivity contribution is 0.229. The molecule has 0 aliphatic carbocycles. The number of nitrogens with two attached hydrogens (primary N) is 1. The molecule has 0 radical (unpaired) electrons. The van der Waals surface area contributed by atoms with Gasteiger partial charge in [-0.1, -0.05) is 31.2 Å². The Morgan fingerprint density at radius 2 is 1.93 bits per heavy atom. The third kappa shape index (κ3) is 2.80. The van der Waals surface area contributed by atoms with Gasteiger partial charge in [-0.05, 0) is 38.6 Å². The van der Waals surface area contributed by atoms with Gasteiger partial charge >= 0.3 is 0 Å². The van der Waals surface area contributed by atoms with Crippen LogP contribution in [0.1, 0.15) is 31.0 Å². The molecule has 84 valence electrons. The summed E-state index contributed by atoms with van der Waals surface area (Å²) in [7, 11) is 2.13. The fourth-order valence-electron chi connectivity index (χ4n) is 2.04. The van der Waals surface area contributed by atoms with Crippen molar-refractivity contribution in [1.29, 1.82) is 0 Å². The molecule has 15 heavy (non-hydrogen) atoms. The number of hydrogen-bond acceptors (Lipinski definition) is 2. The van der Waals surface area contributed by atoms with Crippen molar-refractivity contribution in [3.8, 4) is 0 Å². The first kappa shape index (κ1) is 12.2. The van der Waals surface area contributed by atoms with Crippen molar-refractivity contribution in [1.82, 2.24) is 4.90 Å². The molecule has 0 saturated carbocycles. The lowest BCUT2D eigenvalue weighted by atomic mass is 9.95. The SMILES string of the molecule is CCN(C)C(c1ccccc1C)C(C)N. The molecule has 0 spiro atoms. The number of benzene rings is 1. The van der Waals surface area contributed by atoms with Gasteiger partial charge in [0.25, 0.3) is 0 Å². The molecule has 2 unspecified atom stereocenters. The van der Waals surface area contributed by atoms with Crippen molar-refractivity contribution >= 4 is 0 Å². The molecule has 2 atom stereocenters. The van der Waals surface area contributed by atoms with Crippen LogP contribution in [0.2, 0.25) is 0 Å². The van der Waals surface area contributed by atoms with Gasteiger partial charge in [0.1, 0.15) is 0 Å². The molecule has 0 aromatic heterocycles. The van der Waals surface area contributed by atoms with Gasteiger partial charge in [-0.3, -0.25) is 4.90 Å². The molecule has 0 aliphatic rings. The normalized spacial score (nSPS) is 15.3. The molecule has 1 aromatic rings. The lowest BCUT2D eigenvalue weighted by Gasteiger charge is -2.31. The Morgan fingerprint density at radius 3 is 2.40 bits per heavy atom. The fraction of sp³-hybridized carbons (Fsp3) is 0.538. The minimum absolute atomic E-state index is 0.149. The van der Waals surface area contributed by atoms with Gasteiger partial charge < -0.3 is 5.73 Å². The number of hydrogen-bond donors (Lipinski definition) is 1. The topological polar surface area (TPSA) is 29.3 Å². The first-order chi connectivity index (χ1) is 7.07. The van der Waals surface area contributed by atoms with Crippen molar-refractivity contribution in [2.45, 2.75) is 32.9 Å². The zero-order chi connectivity index (χ0) is 11.4. The molecule has 0 heterocycles. The second-order valence-electron chi connectivity index (χ2n) is 4.23. The summed E-state index contributed by atoms with van der Waals surface area (Å²) in [5, 5.41) is 0. The van der Waals surface area contributed by atoms with E-state index in [9.17, 15) is 0 Å². The van der Waals surface area contributed by atoms with E-state index < -0.39 is 0 Å². The van der Waals surface area contributed by atoms with Crippen LogP contribution >= 0.6 is 0 Å². The fourth-order valence-corrected chi connectivity index (χ4v) is 2.04. The molecular weight excluding hydrogens is 184 g/mol. The van der Waals surface area contributed by atoms with Crippen LogP contribution in [0.25, 0.3) is 0 Å². The highest BCUT2D eigenvalue weighted by atomic mass is 15.1. The summed E-state index contributed by atoms with van der Waals surface area (Å²) in [6.07, 6.45) is 0. The Hall–Kier alpha value is -0.860. The summed E-state index contributed by atoms with van der Waals surface area (Å²) in [6.45, 7) is 7.39. The monoisotopic (exact) mass is 206 g/mol. The van der Waals surface area contributed by atoms with Gasteiger partial charge in [-0.15, -0.1) is 0 Å². The van der Waals surface area contributed by atoms with Crippen molar-refractivity contribution in [3.63, 3.8) is 0 Å². The van der Waals surface area contributed by atoms with Crippen molar-refractivity contribution < 1.29 is 0 Å². The predicted octanol–water partition coefficient (Wildman–Crippen LogP) is 2.34. The lowest BCUT2D eigenvalue weighted by Crippen LogP contribution is -2.37. The molecule has 1 rings (SSSR count). The van der Waals surface area contributed by atoms with Crippen molar-refractivity contribution in [3.05, 3.63) is 35.4 Å². The van der Waals surface area contributed by atoms with Gasteiger partial charge in [0, 0.05) is 12.1 Å². The summed E-state index contributed by atoms with van der Waals surface area (Å²) >= 11 is 0. The Balaban J connectivity index is 3.04. The van der Waals surface area contributed by atoms with Gasteiger partial charge in [0.15, 0.2) is 0 Å². The third-order valence-electron chi connectivity index (χ3n) is 2.98. The van der Waals surface area contributed by atoms with Crippen LogP contribution in [0.15, 0.2) is 24.3 Å². The van der Waals surface area contributed by atoms with Gasteiger partial charge in [-0.2, -0.15) is 0 Å². The highest BCUT2D eigenvalue weighted by Gasteiger charge is 2.20. The van der Waals surface area contributed by atoms with E-state index in [1.807, 2.05) is 0 Å². The van der Waals surface area contributed by atoms with E-state index in [0.717, 1.165) is 6.54 Å². The largest absolute Gasteiger partial charge is 0.326 e. The standard InChI is InChI=1S/C13H22N2/c1-5-15(4)13(11(3)14)12-9-7-6-8-10(12)2/h6-9,11,13H,5,14H2,1-4H3. The molecule has 0 bridgehead atoms. The smallest absolute Gasteiger partial charge is 0.0496 e. The first-order valence-electron chi connectivity index (χ1n) is 5.59. The maximum atomic E-state index is 6.07. The number of aryl methyl sites for hydroxylation is 1. The molecule has 0 saturated heterocycles. The van der Waals surface area contributed by atoms with E-state index in [2.05, 4.69) is 57.0 Å². The maximum Gasteiger partial charge on any atom is 0.0496 e. The molecular formula is C13H22N2. The van der Waals surface area contributed by atoms with Crippen molar-refractivity contribution in [2.24, 2.45) is 5.73 Å². The van der Waals surface area contributed by atoms with E-state index in [-0.39, 0.29) is 6.04 Å². The molecule has 1 aromatic carbocycles. The molecule has 0 amide bonds. The highest BCUT2D eigenvalue weighted by molar-refractivity contribution is 5.29. The number of likely N-dealkylation sites (N-methyl/N-ethyl adjacent to an activating group) is 1. The summed E-state index contributed by atoms with van der Waals surface area (Å²) in [5.41, 5.74) is 8.74. The van der Waals surface area contributed by atoms with Gasteiger partial charge in [-0.25, -0.2) is 0 Å². The Labute approximate surface area is 93.1 Å². The average Bonchev–Trinajstić information content (AvgIpc) is 2.20. The minimum atomic E-state index is 0.149. The second kappa shape index (κ2) is 5.29. The summed E-state index contributed by atoms with van der Waals surface area (Å²) in [4.78, 5) is 2.30. The van der Waals surface area contributed by atoms with Crippen LogP contribution in [0.4, 0.5) is 0 Å². The van der Waals surface area contributed by atoms with Crippen LogP contribution in [0.3, 0.4) is 0 Å². The minimum Gasteiger partial charge on any atom is -0.326 e. The number of rotatable bonds is 4. The molecule has 0 fully saturated rings. The summed E-state index contributed by atoms with van der Waals surface area (Å²) in [6, 6.07) is 8.95. The quantitative estimate of drug-likeness (QED) is 0.819. The molecule has 2 N–H and O–H groups in total. The van der Waals surface area contributed by atoms with Gasteiger partial charge in [0.05, 0.1) is 0 Å². The zero-order valence-corrected chi connectivity index (χ0v) is 10.2. The van der Waals surface area contributed by atoms with Crippen LogP contribution < -0.4 is 5.73 Å². The number of nitrogens with zero attached hydrogens (tertiary/aromatic N) is 1. The van der Waals surface area contributed by atoms with Gasteiger partial charge in [0.2, 0.25) is 0 Å². The zero-order valence-electron chi connectivity index (χ0n) is 10.2. The second-order valence-corrected chi connectivity index (χ2v) is 4.23. The highest BCUT2D eigenvalue weighted by Crippen LogP contribution is 2.24. The summed E-state index contributed by atoms with van der Waals surface area (Å²) < 4.78 is 0. The maximum absolute atomic E-state index is 6.07. The van der Waals surface area contributed by atoms with E-state index in [4.69, 9.17) is 5.73 Å². The van der Waals surface area contributed by atoms with E-state index in [1.165, 1.54) is 11.1 Å². The van der Waals surface area contributed by atoms with E-state index in [0.29, 0.717) is 6.04 Å². The van der Waals surface area contributed by atoms with E-state index >= 15 is 0 Å². The Kier molecular flexibility index (Phi) is 4.30. The molecule has 0 aliphatic heterocycles. The van der Waals surface area contributed by atoms with Crippen LogP contribution in [-0.4, -0.2) is 24.5 Å². The van der Waals surface area contributed by atoms with Crippen LogP contribution in [0.5, 0.6) is 0 Å². The molecule has 2 nitrogen and oxygen atoms in total. The average molecular weight is 206 g/mol. The van der Waals surface area contributed by atoms with Crippen molar-refractivity contribution in [2.75, 3.05) is 13.6 Å². The summed E-state index contributed by atoms with van der Waals surface area (Å²) in [5.74, 6) is 0. The third-order valence-corrected chi connectivity index (χ3v) is 2.98. The van der Waals surface area contributed by atoms with Crippen LogP contribution in [0, 0.1) is 6.92 Å².